The van der Waals surface area contributed by atoms with Crippen LogP contribution in [0.15, 0.2) is 24.4 Å². The van der Waals surface area contributed by atoms with Crippen molar-refractivity contribution in [3.8, 4) is 0 Å². The minimum Gasteiger partial charge on any atom is -0.398 e. The molecule has 0 amide bonds. The molecule has 0 spiro atoms. The molecule has 1 aromatic heterocycles. The summed E-state index contributed by atoms with van der Waals surface area (Å²) in [6.45, 7) is 14.9. The molecule has 2 rings (SSSR count). The molecule has 0 aliphatic carbocycles. The van der Waals surface area contributed by atoms with Crippen LogP contribution in [0, 0.1) is 6.92 Å². The Hall–Kier alpha value is -1.97. The molecule has 23 heavy (non-hydrogen) atoms. The molecule has 1 heterocycles. The van der Waals surface area contributed by atoms with Crippen molar-refractivity contribution in [1.29, 1.82) is 0 Å². The van der Waals surface area contributed by atoms with Gasteiger partial charge in [-0.2, -0.15) is 5.10 Å². The second-order valence-corrected chi connectivity index (χ2v) is 8.20. The Kier molecular flexibility index (Phi) is 5.51. The van der Waals surface area contributed by atoms with Crippen molar-refractivity contribution in [3.63, 3.8) is 0 Å². The lowest BCUT2D eigenvalue weighted by Crippen LogP contribution is -2.14. The van der Waals surface area contributed by atoms with Crippen LogP contribution >= 0.6 is 0 Å². The number of anilines is 2. The van der Waals surface area contributed by atoms with Crippen LogP contribution in [0.4, 0.5) is 11.4 Å². The first kappa shape index (κ1) is 19.1. The number of hydrogen-bond acceptors (Lipinski definition) is 3. The molecule has 0 radical (unpaired) electrons. The summed E-state index contributed by atoms with van der Waals surface area (Å²) in [5, 5.41) is 4.27. The summed E-state index contributed by atoms with van der Waals surface area (Å²) >= 11 is 0. The van der Waals surface area contributed by atoms with Crippen molar-refractivity contribution in [2.75, 3.05) is 11.5 Å². The van der Waals surface area contributed by atoms with Crippen LogP contribution in [0.5, 0.6) is 0 Å². The van der Waals surface area contributed by atoms with E-state index in [0.29, 0.717) is 0 Å². The molecule has 4 heteroatoms. The van der Waals surface area contributed by atoms with Gasteiger partial charge in [-0.15, -0.1) is 0 Å². The molecule has 0 atom stereocenters. The zero-order valence-electron chi connectivity index (χ0n) is 15.9. The van der Waals surface area contributed by atoms with E-state index >= 15 is 0 Å². The minimum absolute atomic E-state index is 0.0470. The highest BCUT2D eigenvalue weighted by atomic mass is 15.3. The molecular formula is C19H32N4. The standard InChI is InChI=1S/C11H17N.C8H15N3/c1-8-5-6-10(12)9(7-8)11(2,3)4;1-8(2,3)7-6(9)5-11(4)10-7/h5-7H,12H2,1-4H3;5H,9H2,1-4H3. The number of rotatable bonds is 0. The van der Waals surface area contributed by atoms with E-state index in [1.165, 1.54) is 11.1 Å². The van der Waals surface area contributed by atoms with Gasteiger partial charge in [0.05, 0.1) is 11.4 Å². The Bertz CT molecular complexity index is 655. The Morgan fingerprint density at radius 2 is 1.48 bits per heavy atom. The number of aromatic nitrogens is 2. The molecule has 1 aromatic carbocycles. The van der Waals surface area contributed by atoms with E-state index in [9.17, 15) is 0 Å². The predicted octanol–water partition coefficient (Wildman–Crippen LogP) is 4.17. The summed E-state index contributed by atoms with van der Waals surface area (Å²) in [6, 6.07) is 6.19. The van der Waals surface area contributed by atoms with E-state index in [-0.39, 0.29) is 10.8 Å². The Labute approximate surface area is 140 Å². The molecule has 2 aromatic rings. The number of nitrogens with zero attached hydrogens (tertiary/aromatic N) is 2. The largest absolute Gasteiger partial charge is 0.398 e. The number of aryl methyl sites for hydroxylation is 2. The molecule has 0 bridgehead atoms. The molecule has 0 fully saturated rings. The molecule has 4 N–H and O–H groups in total. The first-order valence-corrected chi connectivity index (χ1v) is 7.98. The van der Waals surface area contributed by atoms with Gasteiger partial charge in [0.15, 0.2) is 0 Å². The molecule has 0 saturated heterocycles. The molecule has 128 valence electrons. The molecular weight excluding hydrogens is 284 g/mol. The fourth-order valence-corrected chi connectivity index (χ4v) is 2.41. The maximum absolute atomic E-state index is 5.88. The van der Waals surface area contributed by atoms with Crippen molar-refractivity contribution in [2.24, 2.45) is 7.05 Å². The van der Waals surface area contributed by atoms with Crippen LogP contribution < -0.4 is 11.5 Å². The summed E-state index contributed by atoms with van der Waals surface area (Å²) in [4.78, 5) is 0. The highest BCUT2D eigenvalue weighted by Gasteiger charge is 2.20. The van der Waals surface area contributed by atoms with Crippen molar-refractivity contribution in [2.45, 2.75) is 59.3 Å². The van der Waals surface area contributed by atoms with Gasteiger partial charge in [0, 0.05) is 24.3 Å². The second-order valence-electron chi connectivity index (χ2n) is 8.20. The summed E-state index contributed by atoms with van der Waals surface area (Å²) in [7, 11) is 1.88. The minimum atomic E-state index is 0.0470. The van der Waals surface area contributed by atoms with Gasteiger partial charge >= 0.3 is 0 Å². The zero-order valence-corrected chi connectivity index (χ0v) is 15.9. The quantitative estimate of drug-likeness (QED) is 0.716. The van der Waals surface area contributed by atoms with Crippen LogP contribution in [0.25, 0.3) is 0 Å². The van der Waals surface area contributed by atoms with E-state index in [4.69, 9.17) is 11.5 Å². The lowest BCUT2D eigenvalue weighted by Gasteiger charge is -2.21. The van der Waals surface area contributed by atoms with E-state index in [2.05, 4.69) is 59.6 Å². The zero-order chi connectivity index (χ0) is 18.0. The highest BCUT2D eigenvalue weighted by Crippen LogP contribution is 2.28. The summed E-state index contributed by atoms with van der Waals surface area (Å²) in [5.74, 6) is 0. The van der Waals surface area contributed by atoms with Crippen molar-refractivity contribution in [1.82, 2.24) is 9.78 Å². The van der Waals surface area contributed by atoms with Crippen molar-refractivity contribution in [3.05, 3.63) is 41.2 Å². The van der Waals surface area contributed by atoms with E-state index in [1.54, 1.807) is 4.68 Å². The SMILES string of the molecule is Cc1ccc(N)c(C(C)(C)C)c1.Cn1cc(N)c(C(C)(C)C)n1. The number of hydrogen-bond donors (Lipinski definition) is 2. The summed E-state index contributed by atoms with van der Waals surface area (Å²) < 4.78 is 1.75. The monoisotopic (exact) mass is 316 g/mol. The summed E-state index contributed by atoms with van der Waals surface area (Å²) in [5.41, 5.74) is 17.0. The molecule has 0 saturated carbocycles. The van der Waals surface area contributed by atoms with Gasteiger partial charge in [-0.3, -0.25) is 4.68 Å². The first-order chi connectivity index (χ1) is 10.3. The topological polar surface area (TPSA) is 69.9 Å². The highest BCUT2D eigenvalue weighted by molar-refractivity contribution is 5.51. The third-order valence-electron chi connectivity index (χ3n) is 3.58. The van der Waals surface area contributed by atoms with Gasteiger partial charge in [0.1, 0.15) is 0 Å². The number of benzene rings is 1. The molecule has 0 unspecified atom stereocenters. The van der Waals surface area contributed by atoms with E-state index in [1.807, 2.05) is 25.4 Å². The van der Waals surface area contributed by atoms with Crippen molar-refractivity contribution < 1.29 is 0 Å². The van der Waals surface area contributed by atoms with Crippen LogP contribution in [0.1, 0.15) is 58.4 Å². The van der Waals surface area contributed by atoms with E-state index in [0.717, 1.165) is 17.1 Å². The number of nitrogen functional groups attached to an aromatic ring is 2. The predicted molar refractivity (Wildman–Crippen MR) is 101 cm³/mol. The van der Waals surface area contributed by atoms with E-state index < -0.39 is 0 Å². The van der Waals surface area contributed by atoms with Gasteiger partial charge in [-0.05, 0) is 24.0 Å². The lowest BCUT2D eigenvalue weighted by atomic mass is 9.85. The third kappa shape index (κ3) is 5.31. The maximum atomic E-state index is 5.88. The van der Waals surface area contributed by atoms with Gasteiger partial charge < -0.3 is 11.5 Å². The Morgan fingerprint density at radius 1 is 0.913 bits per heavy atom. The molecule has 0 aliphatic heterocycles. The fourth-order valence-electron chi connectivity index (χ4n) is 2.41. The van der Waals surface area contributed by atoms with Crippen LogP contribution in [-0.4, -0.2) is 9.78 Å². The van der Waals surface area contributed by atoms with Crippen molar-refractivity contribution >= 4 is 11.4 Å². The number of nitrogens with two attached hydrogens (primary N) is 2. The summed E-state index contributed by atoms with van der Waals surface area (Å²) in [6.07, 6.45) is 1.83. The van der Waals surface area contributed by atoms with Crippen LogP contribution in [0.2, 0.25) is 0 Å². The average molecular weight is 316 g/mol. The normalized spacial score (nSPS) is 11.8. The average Bonchev–Trinajstić information content (AvgIpc) is 2.71. The third-order valence-corrected chi connectivity index (χ3v) is 3.58. The Balaban J connectivity index is 0.000000231. The second kappa shape index (κ2) is 6.65. The Morgan fingerprint density at radius 3 is 1.78 bits per heavy atom. The maximum Gasteiger partial charge on any atom is 0.0906 e. The van der Waals surface area contributed by atoms with Gasteiger partial charge in [-0.25, -0.2) is 0 Å². The fraction of sp³-hybridized carbons (Fsp3) is 0.526. The van der Waals surface area contributed by atoms with Crippen LogP contribution in [0.3, 0.4) is 0 Å². The lowest BCUT2D eigenvalue weighted by molar-refractivity contribution is 0.554. The van der Waals surface area contributed by atoms with Gasteiger partial charge in [0.25, 0.3) is 0 Å². The van der Waals surface area contributed by atoms with Gasteiger partial charge in [0.2, 0.25) is 0 Å². The first-order valence-electron chi connectivity index (χ1n) is 7.98. The molecule has 4 nitrogen and oxygen atoms in total. The smallest absolute Gasteiger partial charge is 0.0906 e. The molecule has 0 aliphatic rings. The van der Waals surface area contributed by atoms with Gasteiger partial charge in [-0.1, -0.05) is 59.2 Å². The van der Waals surface area contributed by atoms with Crippen LogP contribution in [-0.2, 0) is 17.9 Å².